The van der Waals surface area contributed by atoms with Crippen molar-refractivity contribution in [3.63, 3.8) is 0 Å². The highest BCUT2D eigenvalue weighted by atomic mass is 31.2. The standard InChI is InChI=1S/C45H87O13P/c1-3-5-7-9-11-13-15-17-18-19-20-22-24-26-28-30-32-34-39(47)57-37(36-56-59(53,54)58-45-43(51)41(49)40(48)42(50)44(45)52)35-55-38(46)33-31-29-27-25-23-21-16-14-12-10-8-6-4-2/h37,40-45,48-52H,3-36H2,1-2H3,(H,53,54)/t37-,40?,41-,42?,43?,44?,45?/m1/s1. The molecule has 6 N–H and O–H groups in total. The van der Waals surface area contributed by atoms with Gasteiger partial charge in [-0.25, -0.2) is 4.57 Å². The van der Waals surface area contributed by atoms with Crippen LogP contribution < -0.4 is 0 Å². The Morgan fingerprint density at radius 2 is 0.763 bits per heavy atom. The molecule has 8 atom stereocenters. The fourth-order valence-corrected chi connectivity index (χ4v) is 8.56. The Morgan fingerprint density at radius 1 is 0.458 bits per heavy atom. The van der Waals surface area contributed by atoms with Gasteiger partial charge < -0.3 is 39.9 Å². The van der Waals surface area contributed by atoms with E-state index < -0.39 is 75.7 Å². The zero-order chi connectivity index (χ0) is 43.6. The van der Waals surface area contributed by atoms with Gasteiger partial charge >= 0.3 is 19.8 Å². The molecule has 0 spiro atoms. The van der Waals surface area contributed by atoms with Gasteiger partial charge in [-0.1, -0.05) is 194 Å². The molecule has 1 saturated carbocycles. The Hall–Kier alpha value is -1.15. The van der Waals surface area contributed by atoms with Gasteiger partial charge in [0.25, 0.3) is 0 Å². The molecule has 0 saturated heterocycles. The molecule has 0 aliphatic heterocycles. The van der Waals surface area contributed by atoms with Crippen molar-refractivity contribution < 1.29 is 63.1 Å². The van der Waals surface area contributed by atoms with Crippen molar-refractivity contribution in [2.75, 3.05) is 13.2 Å². The lowest BCUT2D eigenvalue weighted by Crippen LogP contribution is -2.64. The van der Waals surface area contributed by atoms with Gasteiger partial charge in [0.05, 0.1) is 6.61 Å². The number of esters is 2. The van der Waals surface area contributed by atoms with Gasteiger partial charge in [0.2, 0.25) is 0 Å². The first kappa shape index (κ1) is 55.9. The largest absolute Gasteiger partial charge is 0.472 e. The topological polar surface area (TPSA) is 210 Å². The van der Waals surface area contributed by atoms with Crippen LogP contribution in [-0.4, -0.2) is 98.3 Å². The van der Waals surface area contributed by atoms with Gasteiger partial charge in [0, 0.05) is 12.8 Å². The van der Waals surface area contributed by atoms with Crippen molar-refractivity contribution in [2.45, 2.75) is 262 Å². The molecule has 350 valence electrons. The second kappa shape index (κ2) is 36.3. The Kier molecular flexibility index (Phi) is 34.4. The third-order valence-corrected chi connectivity index (χ3v) is 12.4. The SMILES string of the molecule is CCCCCCCCCCCCCCCCCCCC(=O)O[C@H](COC(=O)CCCCCCCCCCCCCCC)COP(=O)(O)OC1C(O)C(O)C(O)[C@@H](O)C1O. The second-order valence-corrected chi connectivity index (χ2v) is 18.4. The quantitative estimate of drug-likeness (QED) is 0.0193. The van der Waals surface area contributed by atoms with Gasteiger partial charge in [0.1, 0.15) is 43.2 Å². The molecule has 59 heavy (non-hydrogen) atoms. The van der Waals surface area contributed by atoms with Crippen LogP contribution in [0.5, 0.6) is 0 Å². The lowest BCUT2D eigenvalue weighted by atomic mass is 9.85. The van der Waals surface area contributed by atoms with Crippen LogP contribution in [0.3, 0.4) is 0 Å². The molecule has 1 aliphatic rings. The van der Waals surface area contributed by atoms with Gasteiger partial charge in [-0.3, -0.25) is 18.6 Å². The summed E-state index contributed by atoms with van der Waals surface area (Å²) in [6, 6.07) is 0. The summed E-state index contributed by atoms with van der Waals surface area (Å²) >= 11 is 0. The number of hydrogen-bond acceptors (Lipinski definition) is 12. The van der Waals surface area contributed by atoms with Crippen LogP contribution in [0.4, 0.5) is 0 Å². The van der Waals surface area contributed by atoms with Crippen LogP contribution in [0.2, 0.25) is 0 Å². The van der Waals surface area contributed by atoms with Crippen molar-refractivity contribution in [3.8, 4) is 0 Å². The third-order valence-electron chi connectivity index (χ3n) is 11.4. The van der Waals surface area contributed by atoms with Crippen molar-refractivity contribution in [2.24, 2.45) is 0 Å². The monoisotopic (exact) mass is 867 g/mol. The van der Waals surface area contributed by atoms with E-state index in [4.69, 9.17) is 18.5 Å². The number of phosphoric acid groups is 1. The molecular weight excluding hydrogens is 779 g/mol. The molecule has 1 rings (SSSR count). The average Bonchev–Trinajstić information content (AvgIpc) is 3.21. The summed E-state index contributed by atoms with van der Waals surface area (Å²) in [7, 11) is -5.11. The number of aliphatic hydroxyl groups is 5. The predicted octanol–water partition coefficient (Wildman–Crippen LogP) is 9.28. The number of carbonyl (C=O) groups excluding carboxylic acids is 2. The van der Waals surface area contributed by atoms with E-state index in [0.29, 0.717) is 12.8 Å². The maximum absolute atomic E-state index is 12.8. The molecule has 0 aromatic rings. The van der Waals surface area contributed by atoms with Gasteiger partial charge in [-0.2, -0.15) is 0 Å². The van der Waals surface area contributed by atoms with Crippen LogP contribution >= 0.6 is 7.82 Å². The Labute approximate surface area is 357 Å². The van der Waals surface area contributed by atoms with Crippen LogP contribution in [0.15, 0.2) is 0 Å². The first-order chi connectivity index (χ1) is 28.4. The average molecular weight is 867 g/mol. The van der Waals surface area contributed by atoms with Crippen molar-refractivity contribution >= 4 is 19.8 Å². The highest BCUT2D eigenvalue weighted by molar-refractivity contribution is 7.47. The Bertz CT molecular complexity index is 1050. The van der Waals surface area contributed by atoms with Crippen LogP contribution in [0.1, 0.15) is 219 Å². The highest BCUT2D eigenvalue weighted by Crippen LogP contribution is 2.47. The summed E-state index contributed by atoms with van der Waals surface area (Å²) in [5.74, 6) is -1.08. The third kappa shape index (κ3) is 29.0. The summed E-state index contributed by atoms with van der Waals surface area (Å²) in [5.41, 5.74) is 0. The van der Waals surface area contributed by atoms with Crippen molar-refractivity contribution in [1.29, 1.82) is 0 Å². The number of ether oxygens (including phenoxy) is 2. The zero-order valence-corrected chi connectivity index (χ0v) is 38.0. The molecule has 0 heterocycles. The minimum Gasteiger partial charge on any atom is -0.462 e. The summed E-state index contributed by atoms with van der Waals surface area (Å²) in [5, 5.41) is 50.1. The van der Waals surface area contributed by atoms with Crippen molar-refractivity contribution in [1.82, 2.24) is 0 Å². The normalized spacial score (nSPS) is 22.2. The molecule has 0 amide bonds. The van der Waals surface area contributed by atoms with E-state index in [1.165, 1.54) is 141 Å². The van der Waals surface area contributed by atoms with E-state index >= 15 is 0 Å². The van der Waals surface area contributed by atoms with Crippen LogP contribution in [-0.2, 0) is 32.7 Å². The lowest BCUT2D eigenvalue weighted by Gasteiger charge is -2.41. The number of aliphatic hydroxyl groups excluding tert-OH is 5. The van der Waals surface area contributed by atoms with Gasteiger partial charge in [0.15, 0.2) is 6.10 Å². The molecule has 1 aliphatic carbocycles. The zero-order valence-electron chi connectivity index (χ0n) is 37.1. The minimum absolute atomic E-state index is 0.105. The summed E-state index contributed by atoms with van der Waals surface area (Å²) in [6.07, 6.45) is 23.0. The van der Waals surface area contributed by atoms with Crippen molar-refractivity contribution in [3.05, 3.63) is 0 Å². The maximum Gasteiger partial charge on any atom is 0.472 e. The fraction of sp³-hybridized carbons (Fsp3) is 0.956. The molecule has 6 unspecified atom stereocenters. The molecule has 1 fully saturated rings. The molecule has 0 aromatic heterocycles. The first-order valence-electron chi connectivity index (χ1n) is 23.8. The summed E-state index contributed by atoms with van der Waals surface area (Å²) in [4.78, 5) is 35.7. The summed E-state index contributed by atoms with van der Waals surface area (Å²) in [6.45, 7) is 3.32. The predicted molar refractivity (Wildman–Crippen MR) is 231 cm³/mol. The lowest BCUT2D eigenvalue weighted by molar-refractivity contribution is -0.220. The molecule has 0 aromatic carbocycles. The number of unbranched alkanes of at least 4 members (excludes halogenated alkanes) is 28. The molecular formula is C45H87O13P. The maximum atomic E-state index is 12.8. The van der Waals surface area contributed by atoms with E-state index in [-0.39, 0.29) is 12.8 Å². The van der Waals surface area contributed by atoms with Gasteiger partial charge in [-0.15, -0.1) is 0 Å². The molecule has 0 bridgehead atoms. The Balaban J connectivity index is 2.42. The van der Waals surface area contributed by atoms with E-state index in [1.54, 1.807) is 0 Å². The number of phosphoric ester groups is 1. The molecule has 0 radical (unpaired) electrons. The number of rotatable bonds is 40. The number of hydrogen-bond donors (Lipinski definition) is 6. The number of carbonyl (C=O) groups is 2. The molecule has 13 nitrogen and oxygen atoms in total. The van der Waals surface area contributed by atoms with E-state index in [1.807, 2.05) is 0 Å². The van der Waals surface area contributed by atoms with Gasteiger partial charge in [-0.05, 0) is 12.8 Å². The van der Waals surface area contributed by atoms with Crippen LogP contribution in [0, 0.1) is 0 Å². The first-order valence-corrected chi connectivity index (χ1v) is 25.3. The van der Waals surface area contributed by atoms with E-state index in [9.17, 15) is 44.6 Å². The Morgan fingerprint density at radius 3 is 1.12 bits per heavy atom. The molecule has 14 heteroatoms. The van der Waals surface area contributed by atoms with E-state index in [2.05, 4.69) is 13.8 Å². The minimum atomic E-state index is -5.11. The smallest absolute Gasteiger partial charge is 0.462 e. The summed E-state index contributed by atoms with van der Waals surface area (Å²) < 4.78 is 33.5. The highest BCUT2D eigenvalue weighted by Gasteiger charge is 2.51. The van der Waals surface area contributed by atoms with E-state index in [0.717, 1.165) is 38.5 Å². The second-order valence-electron chi connectivity index (χ2n) is 17.0. The van der Waals surface area contributed by atoms with Crippen LogP contribution in [0.25, 0.3) is 0 Å². The fourth-order valence-electron chi connectivity index (χ4n) is 7.58.